The van der Waals surface area contributed by atoms with E-state index in [2.05, 4.69) is 46.7 Å². The Hall–Kier alpha value is -1.67. The molecule has 0 radical (unpaired) electrons. The third kappa shape index (κ3) is 3.97. The van der Waals surface area contributed by atoms with Crippen LogP contribution in [0.4, 0.5) is 0 Å². The predicted molar refractivity (Wildman–Crippen MR) is 75.6 cm³/mol. The van der Waals surface area contributed by atoms with Crippen LogP contribution in [0.5, 0.6) is 0 Å². The molecule has 0 aliphatic rings. The topological polar surface area (TPSA) is 24.9 Å². The zero-order chi connectivity index (χ0) is 12.6. The molecule has 1 atom stereocenters. The summed E-state index contributed by atoms with van der Waals surface area (Å²) in [5.74, 6) is 0. The summed E-state index contributed by atoms with van der Waals surface area (Å²) in [7, 11) is 2.04. The standard InChI is InChI=1S/C16H20N2/c1-17-16(12-14-6-3-2-4-7-14)10-9-15-8-5-11-18-13-15/h2-8,11,13,16-17H,9-10,12H2,1H3. The molecular weight excluding hydrogens is 220 g/mol. The molecule has 2 heteroatoms. The maximum atomic E-state index is 4.15. The molecule has 0 fully saturated rings. The molecule has 0 aliphatic heterocycles. The van der Waals surface area contributed by atoms with Crippen molar-refractivity contribution >= 4 is 0 Å². The average Bonchev–Trinajstić information content (AvgIpc) is 2.45. The van der Waals surface area contributed by atoms with Crippen molar-refractivity contribution in [2.45, 2.75) is 25.3 Å². The van der Waals surface area contributed by atoms with Gasteiger partial charge in [-0.15, -0.1) is 0 Å². The van der Waals surface area contributed by atoms with Gasteiger partial charge in [-0.05, 0) is 43.5 Å². The Morgan fingerprint density at radius 3 is 2.50 bits per heavy atom. The van der Waals surface area contributed by atoms with Gasteiger partial charge in [0.25, 0.3) is 0 Å². The molecule has 2 aromatic rings. The second-order valence-electron chi connectivity index (χ2n) is 4.58. The Kier molecular flexibility index (Phi) is 4.91. The Bertz CT molecular complexity index is 439. The van der Waals surface area contributed by atoms with Gasteiger partial charge in [-0.3, -0.25) is 4.98 Å². The van der Waals surface area contributed by atoms with E-state index >= 15 is 0 Å². The maximum Gasteiger partial charge on any atom is 0.0299 e. The molecule has 0 saturated carbocycles. The van der Waals surface area contributed by atoms with Gasteiger partial charge in [0.05, 0.1) is 0 Å². The zero-order valence-electron chi connectivity index (χ0n) is 10.8. The predicted octanol–water partition coefficient (Wildman–Crippen LogP) is 2.84. The van der Waals surface area contributed by atoms with E-state index in [1.165, 1.54) is 11.1 Å². The smallest absolute Gasteiger partial charge is 0.0299 e. The quantitative estimate of drug-likeness (QED) is 0.840. The summed E-state index contributed by atoms with van der Waals surface area (Å²) in [5, 5.41) is 3.40. The first kappa shape index (κ1) is 12.8. The van der Waals surface area contributed by atoms with Gasteiger partial charge < -0.3 is 5.32 Å². The van der Waals surface area contributed by atoms with E-state index in [4.69, 9.17) is 0 Å². The average molecular weight is 240 g/mol. The van der Waals surface area contributed by atoms with E-state index in [1.807, 2.05) is 25.5 Å². The van der Waals surface area contributed by atoms with Gasteiger partial charge in [0.2, 0.25) is 0 Å². The maximum absolute atomic E-state index is 4.15. The highest BCUT2D eigenvalue weighted by Gasteiger charge is 2.07. The van der Waals surface area contributed by atoms with E-state index in [0.717, 1.165) is 19.3 Å². The Labute approximate surface area is 109 Å². The highest BCUT2D eigenvalue weighted by Crippen LogP contribution is 2.09. The van der Waals surface area contributed by atoms with Crippen LogP contribution in [0.25, 0.3) is 0 Å². The molecule has 0 bridgehead atoms. The molecule has 1 heterocycles. The number of likely N-dealkylation sites (N-methyl/N-ethyl adjacent to an activating group) is 1. The summed E-state index contributed by atoms with van der Waals surface area (Å²) in [5.41, 5.74) is 2.70. The summed E-state index contributed by atoms with van der Waals surface area (Å²) >= 11 is 0. The lowest BCUT2D eigenvalue weighted by Gasteiger charge is -2.16. The van der Waals surface area contributed by atoms with Crippen molar-refractivity contribution in [3.63, 3.8) is 0 Å². The van der Waals surface area contributed by atoms with E-state index in [0.29, 0.717) is 6.04 Å². The second-order valence-corrected chi connectivity index (χ2v) is 4.58. The normalized spacial score (nSPS) is 12.3. The SMILES string of the molecule is CNC(CCc1cccnc1)Cc1ccccc1. The lowest BCUT2D eigenvalue weighted by molar-refractivity contribution is 0.520. The van der Waals surface area contributed by atoms with Crippen molar-refractivity contribution in [1.29, 1.82) is 0 Å². The Morgan fingerprint density at radius 2 is 1.83 bits per heavy atom. The summed E-state index contributed by atoms with van der Waals surface area (Å²) < 4.78 is 0. The minimum Gasteiger partial charge on any atom is -0.317 e. The van der Waals surface area contributed by atoms with Crippen LogP contribution in [0.3, 0.4) is 0 Å². The van der Waals surface area contributed by atoms with Crippen molar-refractivity contribution in [2.75, 3.05) is 7.05 Å². The largest absolute Gasteiger partial charge is 0.317 e. The molecule has 1 aromatic heterocycles. The molecular formula is C16H20N2. The molecule has 0 amide bonds. The van der Waals surface area contributed by atoms with Crippen LogP contribution in [-0.4, -0.2) is 18.1 Å². The molecule has 1 N–H and O–H groups in total. The zero-order valence-corrected chi connectivity index (χ0v) is 10.8. The number of hydrogen-bond donors (Lipinski definition) is 1. The van der Waals surface area contributed by atoms with Crippen molar-refractivity contribution in [2.24, 2.45) is 0 Å². The van der Waals surface area contributed by atoms with E-state index in [1.54, 1.807) is 0 Å². The van der Waals surface area contributed by atoms with Crippen LogP contribution >= 0.6 is 0 Å². The van der Waals surface area contributed by atoms with Gasteiger partial charge >= 0.3 is 0 Å². The first-order valence-corrected chi connectivity index (χ1v) is 6.48. The summed E-state index contributed by atoms with van der Waals surface area (Å²) in [6.45, 7) is 0. The summed E-state index contributed by atoms with van der Waals surface area (Å²) in [6.07, 6.45) is 7.07. The van der Waals surface area contributed by atoms with Crippen LogP contribution in [0, 0.1) is 0 Å². The van der Waals surface area contributed by atoms with E-state index < -0.39 is 0 Å². The second kappa shape index (κ2) is 6.92. The molecule has 1 unspecified atom stereocenters. The van der Waals surface area contributed by atoms with Crippen LogP contribution in [-0.2, 0) is 12.8 Å². The Morgan fingerprint density at radius 1 is 1.06 bits per heavy atom. The molecule has 0 spiro atoms. The molecule has 0 saturated heterocycles. The van der Waals surface area contributed by atoms with Gasteiger partial charge in [-0.1, -0.05) is 36.4 Å². The van der Waals surface area contributed by atoms with Crippen LogP contribution < -0.4 is 5.32 Å². The fourth-order valence-electron chi connectivity index (χ4n) is 2.13. The number of rotatable bonds is 6. The van der Waals surface area contributed by atoms with E-state index in [-0.39, 0.29) is 0 Å². The summed E-state index contributed by atoms with van der Waals surface area (Å²) in [6, 6.07) is 15.3. The third-order valence-corrected chi connectivity index (χ3v) is 3.24. The number of hydrogen-bond acceptors (Lipinski definition) is 2. The first-order chi connectivity index (χ1) is 8.88. The molecule has 2 rings (SSSR count). The number of benzene rings is 1. The van der Waals surface area contributed by atoms with Gasteiger partial charge in [0.15, 0.2) is 0 Å². The lowest BCUT2D eigenvalue weighted by Crippen LogP contribution is -2.28. The van der Waals surface area contributed by atoms with Crippen molar-refractivity contribution in [3.8, 4) is 0 Å². The van der Waals surface area contributed by atoms with Crippen molar-refractivity contribution < 1.29 is 0 Å². The molecule has 18 heavy (non-hydrogen) atoms. The minimum absolute atomic E-state index is 0.521. The number of nitrogens with zero attached hydrogens (tertiary/aromatic N) is 1. The van der Waals surface area contributed by atoms with Crippen LogP contribution in [0.1, 0.15) is 17.5 Å². The van der Waals surface area contributed by atoms with Gasteiger partial charge in [0.1, 0.15) is 0 Å². The molecule has 0 aliphatic carbocycles. The number of aryl methyl sites for hydroxylation is 1. The number of pyridine rings is 1. The number of aromatic nitrogens is 1. The lowest BCUT2D eigenvalue weighted by atomic mass is 10.00. The highest BCUT2D eigenvalue weighted by molar-refractivity contribution is 5.16. The summed E-state index contributed by atoms with van der Waals surface area (Å²) in [4.78, 5) is 4.15. The van der Waals surface area contributed by atoms with Gasteiger partial charge in [-0.25, -0.2) is 0 Å². The fraction of sp³-hybridized carbons (Fsp3) is 0.312. The highest BCUT2D eigenvalue weighted by atomic mass is 14.9. The molecule has 2 nitrogen and oxygen atoms in total. The fourth-order valence-corrected chi connectivity index (χ4v) is 2.13. The molecule has 1 aromatic carbocycles. The monoisotopic (exact) mass is 240 g/mol. The van der Waals surface area contributed by atoms with Crippen molar-refractivity contribution in [3.05, 3.63) is 66.0 Å². The van der Waals surface area contributed by atoms with Crippen LogP contribution in [0.2, 0.25) is 0 Å². The Balaban J connectivity index is 1.86. The van der Waals surface area contributed by atoms with Crippen molar-refractivity contribution in [1.82, 2.24) is 10.3 Å². The first-order valence-electron chi connectivity index (χ1n) is 6.48. The van der Waals surface area contributed by atoms with Crippen LogP contribution in [0.15, 0.2) is 54.9 Å². The van der Waals surface area contributed by atoms with E-state index in [9.17, 15) is 0 Å². The third-order valence-electron chi connectivity index (χ3n) is 3.24. The molecule has 94 valence electrons. The van der Waals surface area contributed by atoms with Gasteiger partial charge in [-0.2, -0.15) is 0 Å². The van der Waals surface area contributed by atoms with Gasteiger partial charge in [0, 0.05) is 18.4 Å². The minimum atomic E-state index is 0.521. The number of nitrogens with one attached hydrogen (secondary N) is 1.